The third-order valence-corrected chi connectivity index (χ3v) is 5.95. The third kappa shape index (κ3) is 5.49. The molecule has 2 rings (SSSR count). The van der Waals surface area contributed by atoms with Gasteiger partial charge in [0.05, 0.1) is 22.0 Å². The average Bonchev–Trinajstić information content (AvgIpc) is 2.63. The van der Waals surface area contributed by atoms with Crippen LogP contribution in [0.4, 0.5) is 0 Å². The summed E-state index contributed by atoms with van der Waals surface area (Å²) in [5, 5.41) is 1.20. The summed E-state index contributed by atoms with van der Waals surface area (Å²) in [6.07, 6.45) is 7.00. The number of ether oxygens (including phenoxy) is 2. The molecule has 0 radical (unpaired) electrons. The van der Waals surface area contributed by atoms with E-state index in [-0.39, 0.29) is 11.5 Å². The maximum absolute atomic E-state index is 6.55. The molecule has 0 fully saturated rings. The lowest BCUT2D eigenvalue weighted by atomic mass is 9.75. The largest absolute Gasteiger partial charge is 0.490 e. The van der Waals surface area contributed by atoms with E-state index in [9.17, 15) is 0 Å². The van der Waals surface area contributed by atoms with Gasteiger partial charge in [-0.25, -0.2) is 0 Å². The van der Waals surface area contributed by atoms with Gasteiger partial charge in [0, 0.05) is 17.1 Å². The first-order valence-electron chi connectivity index (χ1n) is 9.30. The molecule has 1 aliphatic carbocycles. The van der Waals surface area contributed by atoms with Crippen molar-refractivity contribution in [1.82, 2.24) is 0 Å². The minimum Gasteiger partial charge on any atom is -0.490 e. The van der Waals surface area contributed by atoms with Gasteiger partial charge < -0.3 is 9.47 Å². The molecule has 6 heteroatoms. The highest BCUT2D eigenvalue weighted by Gasteiger charge is 2.33. The summed E-state index contributed by atoms with van der Waals surface area (Å²) in [7, 11) is 0. The fourth-order valence-electron chi connectivity index (χ4n) is 2.96. The Kier molecular flexibility index (Phi) is 8.79. The highest BCUT2D eigenvalue weighted by atomic mass is 35.5. The maximum atomic E-state index is 6.55. The molecule has 154 valence electrons. The van der Waals surface area contributed by atoms with Crippen LogP contribution in [0, 0.1) is 0 Å². The Bertz CT molecular complexity index is 745. The normalized spacial score (nSPS) is 19.8. The van der Waals surface area contributed by atoms with E-state index < -0.39 is 5.41 Å². The number of benzene rings is 1. The molecule has 2 nitrogen and oxygen atoms in total. The second kappa shape index (κ2) is 10.4. The summed E-state index contributed by atoms with van der Waals surface area (Å²) in [5.41, 5.74) is 1.53. The van der Waals surface area contributed by atoms with Crippen molar-refractivity contribution in [3.05, 3.63) is 63.2 Å². The number of allylic oxidation sites excluding steroid dienone is 2. The van der Waals surface area contributed by atoms with E-state index in [2.05, 4.69) is 20.4 Å². The molecule has 0 aromatic heterocycles. The van der Waals surface area contributed by atoms with Gasteiger partial charge in [0.2, 0.25) is 0 Å². The predicted octanol–water partition coefficient (Wildman–Crippen LogP) is 7.69. The Morgan fingerprint density at radius 2 is 1.79 bits per heavy atom. The summed E-state index contributed by atoms with van der Waals surface area (Å²) in [5.74, 6) is 0.485. The van der Waals surface area contributed by atoms with E-state index >= 15 is 0 Å². The summed E-state index contributed by atoms with van der Waals surface area (Å²) >= 11 is 26.0. The molecule has 0 bridgehead atoms. The van der Waals surface area contributed by atoms with E-state index in [4.69, 9.17) is 55.9 Å². The smallest absolute Gasteiger partial charge is 0.156 e. The summed E-state index contributed by atoms with van der Waals surface area (Å²) in [6.45, 7) is 11.0. The standard InChI is InChI=1S/C22H26Cl4O2/c1-5-7-9-28-21-18(25)12-15(13-19(21)26)22(3,4)14-10-16(23)20(17(24)11-14)27-8-6-2/h5,10-13,16,20H,1,6-9H2,2-4H3. The van der Waals surface area contributed by atoms with Gasteiger partial charge in [-0.05, 0) is 42.2 Å². The van der Waals surface area contributed by atoms with E-state index in [1.807, 2.05) is 31.2 Å². The Hall–Kier alpha value is -0.640. The zero-order valence-electron chi connectivity index (χ0n) is 16.4. The van der Waals surface area contributed by atoms with Crippen LogP contribution in [0.2, 0.25) is 10.0 Å². The molecule has 28 heavy (non-hydrogen) atoms. The molecule has 2 unspecified atom stereocenters. The first kappa shape index (κ1) is 23.6. The zero-order valence-corrected chi connectivity index (χ0v) is 19.4. The van der Waals surface area contributed by atoms with E-state index in [1.165, 1.54) is 0 Å². The zero-order chi connectivity index (χ0) is 20.9. The molecule has 0 amide bonds. The second-order valence-electron chi connectivity index (χ2n) is 7.21. The van der Waals surface area contributed by atoms with Crippen LogP contribution in [0.3, 0.4) is 0 Å². The Labute approximate surface area is 188 Å². The third-order valence-electron chi connectivity index (χ3n) is 4.70. The van der Waals surface area contributed by atoms with Crippen molar-refractivity contribution in [2.24, 2.45) is 0 Å². The Balaban J connectivity index is 2.30. The van der Waals surface area contributed by atoms with E-state index in [0.717, 1.165) is 17.6 Å². The molecule has 0 spiro atoms. The van der Waals surface area contributed by atoms with Crippen molar-refractivity contribution < 1.29 is 9.47 Å². The summed E-state index contributed by atoms with van der Waals surface area (Å²) < 4.78 is 11.5. The van der Waals surface area contributed by atoms with Gasteiger partial charge in [0.1, 0.15) is 6.10 Å². The van der Waals surface area contributed by atoms with Gasteiger partial charge >= 0.3 is 0 Å². The SMILES string of the molecule is C=CCCOc1c(Cl)cc(C(C)(C)C2=CC(Cl)C(OCCC)C(Cl)=C2)cc1Cl. The molecule has 0 saturated heterocycles. The van der Waals surface area contributed by atoms with Crippen molar-refractivity contribution in [2.45, 2.75) is 50.5 Å². The van der Waals surface area contributed by atoms with Crippen molar-refractivity contribution in [3.63, 3.8) is 0 Å². The molecule has 2 atom stereocenters. The van der Waals surface area contributed by atoms with Crippen molar-refractivity contribution in [3.8, 4) is 5.75 Å². The lowest BCUT2D eigenvalue weighted by Crippen LogP contribution is -2.31. The second-order valence-corrected chi connectivity index (χ2v) is 8.96. The minimum atomic E-state index is -0.407. The first-order chi connectivity index (χ1) is 13.2. The number of alkyl halides is 1. The fourth-order valence-corrected chi connectivity index (χ4v) is 4.29. The molecule has 0 heterocycles. The number of rotatable bonds is 9. The number of hydrogen-bond donors (Lipinski definition) is 0. The summed E-state index contributed by atoms with van der Waals surface area (Å²) in [4.78, 5) is 0. The van der Waals surface area contributed by atoms with Crippen LogP contribution in [0.25, 0.3) is 0 Å². The molecule has 0 aliphatic heterocycles. The molecular weight excluding hydrogens is 438 g/mol. The Morgan fingerprint density at radius 1 is 1.14 bits per heavy atom. The highest BCUT2D eigenvalue weighted by molar-refractivity contribution is 6.37. The predicted molar refractivity (Wildman–Crippen MR) is 121 cm³/mol. The van der Waals surface area contributed by atoms with Crippen LogP contribution in [0.15, 0.2) is 47.5 Å². The first-order valence-corrected chi connectivity index (χ1v) is 10.9. The van der Waals surface area contributed by atoms with Gasteiger partial charge in [-0.1, -0.05) is 67.7 Å². The van der Waals surface area contributed by atoms with Gasteiger partial charge in [0.25, 0.3) is 0 Å². The molecule has 0 N–H and O–H groups in total. The van der Waals surface area contributed by atoms with Crippen molar-refractivity contribution in [1.29, 1.82) is 0 Å². The number of halogens is 4. The van der Waals surface area contributed by atoms with Gasteiger partial charge in [0.15, 0.2) is 5.75 Å². The van der Waals surface area contributed by atoms with Crippen LogP contribution < -0.4 is 4.74 Å². The maximum Gasteiger partial charge on any atom is 0.156 e. The molecule has 1 aromatic carbocycles. The molecule has 1 aromatic rings. The Morgan fingerprint density at radius 3 is 2.32 bits per heavy atom. The van der Waals surface area contributed by atoms with E-state index in [1.54, 1.807) is 6.08 Å². The minimum absolute atomic E-state index is 0.323. The van der Waals surface area contributed by atoms with E-state index in [0.29, 0.717) is 40.5 Å². The van der Waals surface area contributed by atoms with Crippen LogP contribution in [-0.2, 0) is 10.2 Å². The molecular formula is C22H26Cl4O2. The fraction of sp³-hybridized carbons (Fsp3) is 0.455. The lowest BCUT2D eigenvalue weighted by Gasteiger charge is -2.33. The van der Waals surface area contributed by atoms with Crippen LogP contribution in [0.1, 0.15) is 39.2 Å². The quantitative estimate of drug-likeness (QED) is 0.212. The van der Waals surface area contributed by atoms with Crippen molar-refractivity contribution in [2.75, 3.05) is 13.2 Å². The van der Waals surface area contributed by atoms with Gasteiger partial charge in [-0.15, -0.1) is 18.2 Å². The van der Waals surface area contributed by atoms with Crippen molar-refractivity contribution >= 4 is 46.4 Å². The lowest BCUT2D eigenvalue weighted by molar-refractivity contribution is 0.0856. The van der Waals surface area contributed by atoms with Gasteiger partial charge in [-0.3, -0.25) is 0 Å². The number of hydrogen-bond acceptors (Lipinski definition) is 2. The topological polar surface area (TPSA) is 18.5 Å². The monoisotopic (exact) mass is 462 g/mol. The average molecular weight is 464 g/mol. The van der Waals surface area contributed by atoms with Crippen LogP contribution in [0.5, 0.6) is 5.75 Å². The van der Waals surface area contributed by atoms with Crippen LogP contribution >= 0.6 is 46.4 Å². The summed E-state index contributed by atoms with van der Waals surface area (Å²) in [6, 6.07) is 3.75. The van der Waals surface area contributed by atoms with Gasteiger partial charge in [-0.2, -0.15) is 0 Å². The molecule has 1 aliphatic rings. The highest BCUT2D eigenvalue weighted by Crippen LogP contribution is 2.43. The molecule has 0 saturated carbocycles. The van der Waals surface area contributed by atoms with Crippen LogP contribution in [-0.4, -0.2) is 24.7 Å².